The monoisotopic (exact) mass is 982 g/mol. The molecular formula is C60H119NO8. The molecule has 1 aliphatic rings. The summed E-state index contributed by atoms with van der Waals surface area (Å²) in [5.74, 6) is -0.135. The summed E-state index contributed by atoms with van der Waals surface area (Å²) in [6.45, 7) is 3.90. The van der Waals surface area contributed by atoms with E-state index in [1.165, 1.54) is 257 Å². The van der Waals surface area contributed by atoms with E-state index in [0.29, 0.717) is 12.8 Å². The van der Waals surface area contributed by atoms with Crippen LogP contribution < -0.4 is 5.32 Å². The summed E-state index contributed by atoms with van der Waals surface area (Å²) in [4.78, 5) is 13.1. The van der Waals surface area contributed by atoms with E-state index in [9.17, 15) is 30.3 Å². The topological polar surface area (TPSA) is 149 Å². The number of rotatable bonds is 54. The van der Waals surface area contributed by atoms with Crippen molar-refractivity contribution in [2.45, 2.75) is 365 Å². The van der Waals surface area contributed by atoms with Gasteiger partial charge in [0.15, 0.2) is 6.29 Å². The van der Waals surface area contributed by atoms with Crippen molar-refractivity contribution < 1.29 is 39.8 Å². The second-order valence-corrected chi connectivity index (χ2v) is 21.9. The second-order valence-electron chi connectivity index (χ2n) is 21.9. The van der Waals surface area contributed by atoms with Gasteiger partial charge in [-0.25, -0.2) is 0 Å². The molecule has 1 fully saturated rings. The van der Waals surface area contributed by atoms with Crippen molar-refractivity contribution >= 4 is 5.91 Å². The van der Waals surface area contributed by atoms with E-state index < -0.39 is 49.5 Å². The van der Waals surface area contributed by atoms with Crippen molar-refractivity contribution in [3.63, 3.8) is 0 Å². The van der Waals surface area contributed by atoms with Crippen LogP contribution in [0.4, 0.5) is 0 Å². The van der Waals surface area contributed by atoms with Crippen molar-refractivity contribution in [3.8, 4) is 0 Å². The molecule has 1 saturated heterocycles. The summed E-state index contributed by atoms with van der Waals surface area (Å²) in [7, 11) is 0. The quantitative estimate of drug-likeness (QED) is 0.0330. The smallest absolute Gasteiger partial charge is 0.220 e. The molecule has 69 heavy (non-hydrogen) atoms. The highest BCUT2D eigenvalue weighted by atomic mass is 16.7. The van der Waals surface area contributed by atoms with Gasteiger partial charge in [0.1, 0.15) is 24.4 Å². The van der Waals surface area contributed by atoms with Gasteiger partial charge >= 0.3 is 0 Å². The molecule has 0 radical (unpaired) electrons. The van der Waals surface area contributed by atoms with Crippen molar-refractivity contribution in [2.75, 3.05) is 13.2 Å². The number of unbranched alkanes of at least 4 members (excludes halogenated alkanes) is 44. The van der Waals surface area contributed by atoms with Crippen LogP contribution in [0, 0.1) is 0 Å². The van der Waals surface area contributed by atoms with E-state index in [1.54, 1.807) is 0 Å². The van der Waals surface area contributed by atoms with Crippen LogP contribution in [0.2, 0.25) is 0 Å². The van der Waals surface area contributed by atoms with Gasteiger partial charge in [-0.1, -0.05) is 303 Å². The zero-order valence-electron chi connectivity index (χ0n) is 45.9. The number of hydrogen-bond donors (Lipinski definition) is 6. The van der Waals surface area contributed by atoms with Crippen LogP contribution in [0.15, 0.2) is 0 Å². The minimum atomic E-state index is -1.55. The van der Waals surface area contributed by atoms with Crippen LogP contribution in [0.3, 0.4) is 0 Å². The number of hydrogen-bond acceptors (Lipinski definition) is 8. The highest BCUT2D eigenvalue weighted by Gasteiger charge is 2.44. The Kier molecular flexibility index (Phi) is 48.7. The molecule has 6 N–H and O–H groups in total. The summed E-state index contributed by atoms with van der Waals surface area (Å²) >= 11 is 0. The molecule has 7 unspecified atom stereocenters. The van der Waals surface area contributed by atoms with Gasteiger partial charge in [-0.2, -0.15) is 0 Å². The van der Waals surface area contributed by atoms with Crippen LogP contribution in [0.5, 0.6) is 0 Å². The zero-order chi connectivity index (χ0) is 50.1. The molecule has 1 amide bonds. The minimum absolute atomic E-state index is 0.131. The van der Waals surface area contributed by atoms with Crippen LogP contribution >= 0.6 is 0 Å². The number of nitrogens with one attached hydrogen (secondary N) is 1. The molecule has 0 spiro atoms. The summed E-state index contributed by atoms with van der Waals surface area (Å²) in [5.41, 5.74) is 0. The van der Waals surface area contributed by atoms with E-state index in [-0.39, 0.29) is 12.5 Å². The van der Waals surface area contributed by atoms with E-state index in [1.807, 2.05) is 0 Å². The van der Waals surface area contributed by atoms with Gasteiger partial charge < -0.3 is 40.3 Å². The van der Waals surface area contributed by atoms with Crippen LogP contribution in [0.1, 0.15) is 322 Å². The normalized spacial score (nSPS) is 19.3. The molecule has 1 rings (SSSR count). The van der Waals surface area contributed by atoms with E-state index in [0.717, 1.165) is 38.5 Å². The summed E-state index contributed by atoms with van der Waals surface area (Å²) < 4.78 is 11.3. The maximum absolute atomic E-state index is 13.1. The fourth-order valence-electron chi connectivity index (χ4n) is 10.3. The van der Waals surface area contributed by atoms with Gasteiger partial charge in [0.05, 0.1) is 25.4 Å². The van der Waals surface area contributed by atoms with E-state index in [4.69, 9.17) is 9.47 Å². The first-order valence-electron chi connectivity index (χ1n) is 30.7. The molecular weight excluding hydrogens is 863 g/mol. The lowest BCUT2D eigenvalue weighted by molar-refractivity contribution is -0.302. The number of aliphatic hydroxyl groups excluding tert-OH is 5. The van der Waals surface area contributed by atoms with Gasteiger partial charge in [0, 0.05) is 6.42 Å². The van der Waals surface area contributed by atoms with Gasteiger partial charge in [0.25, 0.3) is 0 Å². The summed E-state index contributed by atoms with van der Waals surface area (Å²) in [6.07, 6.45) is 54.3. The Balaban J connectivity index is 2.16. The highest BCUT2D eigenvalue weighted by molar-refractivity contribution is 5.76. The molecule has 0 aromatic rings. The molecule has 1 heterocycles. The number of ether oxygens (including phenoxy) is 2. The Hall–Kier alpha value is -0.810. The second kappa shape index (κ2) is 50.7. The number of aliphatic hydroxyl groups is 5. The Bertz CT molecular complexity index is 1050. The maximum atomic E-state index is 13.1. The molecule has 0 aromatic carbocycles. The number of carbonyl (C=O) groups is 1. The molecule has 9 nitrogen and oxygen atoms in total. The van der Waals surface area contributed by atoms with Gasteiger partial charge in [-0.05, 0) is 12.8 Å². The first-order chi connectivity index (χ1) is 33.8. The lowest BCUT2D eigenvalue weighted by atomic mass is 9.99. The third-order valence-electron chi connectivity index (χ3n) is 15.2. The number of amides is 1. The van der Waals surface area contributed by atoms with Crippen molar-refractivity contribution in [2.24, 2.45) is 0 Å². The van der Waals surface area contributed by atoms with Gasteiger partial charge in [0.2, 0.25) is 5.91 Å². The molecule has 1 aliphatic heterocycles. The fourth-order valence-corrected chi connectivity index (χ4v) is 10.3. The molecule has 0 aromatic heterocycles. The van der Waals surface area contributed by atoms with Crippen LogP contribution in [-0.2, 0) is 14.3 Å². The first kappa shape index (κ1) is 66.2. The molecule has 0 aliphatic carbocycles. The molecule has 412 valence electrons. The average molecular weight is 983 g/mol. The fraction of sp³-hybridized carbons (Fsp3) is 0.983. The van der Waals surface area contributed by atoms with Gasteiger partial charge in [-0.15, -0.1) is 0 Å². The third-order valence-corrected chi connectivity index (χ3v) is 15.2. The predicted octanol–water partition coefficient (Wildman–Crippen LogP) is 15.4. The Morgan fingerprint density at radius 2 is 0.725 bits per heavy atom. The van der Waals surface area contributed by atoms with Crippen LogP contribution in [0.25, 0.3) is 0 Å². The lowest BCUT2D eigenvalue weighted by Gasteiger charge is -2.40. The highest BCUT2D eigenvalue weighted by Crippen LogP contribution is 2.24. The van der Waals surface area contributed by atoms with Gasteiger partial charge in [-0.3, -0.25) is 4.79 Å². The van der Waals surface area contributed by atoms with E-state index >= 15 is 0 Å². The Labute approximate surface area is 427 Å². The summed E-state index contributed by atoms with van der Waals surface area (Å²) in [6, 6.07) is -0.714. The zero-order valence-corrected chi connectivity index (χ0v) is 45.9. The Morgan fingerprint density at radius 1 is 0.435 bits per heavy atom. The van der Waals surface area contributed by atoms with E-state index in [2.05, 4.69) is 19.2 Å². The molecule has 9 heteroatoms. The number of carbonyl (C=O) groups excluding carboxylic acids is 1. The average Bonchev–Trinajstić information content (AvgIpc) is 3.35. The predicted molar refractivity (Wildman–Crippen MR) is 291 cm³/mol. The standard InChI is InChI=1S/C60H119NO8/c1-3-5-7-9-11-13-15-17-19-21-23-25-26-27-28-30-32-34-36-38-40-42-44-46-48-50-56(64)61-53(52-68-60-59(67)58(66)57(65)55(51-62)69-60)54(63)49-47-45-43-41-39-37-35-33-31-29-24-22-20-18-16-14-12-10-8-6-4-2/h53-55,57-60,62-63,65-67H,3-52H2,1-2H3,(H,61,64). The minimum Gasteiger partial charge on any atom is -0.394 e. The first-order valence-corrected chi connectivity index (χ1v) is 30.7. The molecule has 0 bridgehead atoms. The summed E-state index contributed by atoms with van der Waals surface area (Å²) in [5, 5.41) is 54.8. The maximum Gasteiger partial charge on any atom is 0.220 e. The lowest BCUT2D eigenvalue weighted by Crippen LogP contribution is -2.60. The SMILES string of the molecule is CCCCCCCCCCCCCCCCCCCCCCCCCCCC(=O)NC(COC1OC(CO)C(O)C(O)C1O)C(O)CCCCCCCCCCCCCCCCCCCCCCC. The van der Waals surface area contributed by atoms with Crippen molar-refractivity contribution in [1.82, 2.24) is 5.32 Å². The van der Waals surface area contributed by atoms with Crippen molar-refractivity contribution in [1.29, 1.82) is 0 Å². The molecule has 7 atom stereocenters. The largest absolute Gasteiger partial charge is 0.394 e. The molecule has 0 saturated carbocycles. The van der Waals surface area contributed by atoms with Crippen molar-refractivity contribution in [3.05, 3.63) is 0 Å². The Morgan fingerprint density at radius 3 is 1.03 bits per heavy atom. The third kappa shape index (κ3) is 40.3. The van der Waals surface area contributed by atoms with Crippen LogP contribution in [-0.4, -0.2) is 87.5 Å².